The average Bonchev–Trinajstić information content (AvgIpc) is 3.21. The van der Waals surface area contributed by atoms with Crippen LogP contribution in [0.15, 0.2) is 72.8 Å². The highest BCUT2D eigenvalue weighted by Crippen LogP contribution is 2.30. The second kappa shape index (κ2) is 8.69. The molecule has 0 aliphatic carbocycles. The van der Waals surface area contributed by atoms with Crippen molar-refractivity contribution in [3.05, 3.63) is 89.5 Å². The van der Waals surface area contributed by atoms with E-state index in [9.17, 15) is 9.59 Å². The van der Waals surface area contributed by atoms with E-state index in [2.05, 4.69) is 10.6 Å². The molecule has 152 valence electrons. The van der Waals surface area contributed by atoms with Crippen LogP contribution in [-0.4, -0.2) is 25.6 Å². The molecule has 4 rings (SSSR count). The van der Waals surface area contributed by atoms with Crippen molar-refractivity contribution in [1.29, 1.82) is 0 Å². The molecule has 0 unspecified atom stereocenters. The molecule has 0 radical (unpaired) electrons. The number of fused-ring (bicyclic) bond motifs is 1. The lowest BCUT2D eigenvalue weighted by Gasteiger charge is -2.18. The summed E-state index contributed by atoms with van der Waals surface area (Å²) in [5.41, 5.74) is 4.33. The normalized spacial score (nSPS) is 12.2. The van der Waals surface area contributed by atoms with E-state index in [1.54, 1.807) is 36.3 Å². The van der Waals surface area contributed by atoms with E-state index < -0.39 is 0 Å². The molecule has 6 heteroatoms. The third-order valence-corrected chi connectivity index (χ3v) is 5.11. The number of ether oxygens (including phenoxy) is 1. The SMILES string of the molecule is COc1ccc(C(=O)N2CCc3ccc(CNC(=O)Nc4ccccc4)cc32)cc1. The highest BCUT2D eigenvalue weighted by atomic mass is 16.5. The number of urea groups is 1. The Morgan fingerprint density at radius 3 is 2.50 bits per heavy atom. The van der Waals surface area contributed by atoms with Crippen molar-refractivity contribution >= 4 is 23.3 Å². The summed E-state index contributed by atoms with van der Waals surface area (Å²) in [6.45, 7) is 1.02. The first-order valence-corrected chi connectivity index (χ1v) is 9.81. The van der Waals surface area contributed by atoms with E-state index in [0.29, 0.717) is 18.7 Å². The van der Waals surface area contributed by atoms with Crippen molar-refractivity contribution in [3.63, 3.8) is 0 Å². The second-order valence-corrected chi connectivity index (χ2v) is 7.07. The fourth-order valence-electron chi connectivity index (χ4n) is 3.51. The zero-order valence-electron chi connectivity index (χ0n) is 16.7. The molecule has 0 spiro atoms. The van der Waals surface area contributed by atoms with Gasteiger partial charge in [-0.15, -0.1) is 0 Å². The number of anilines is 2. The van der Waals surface area contributed by atoms with E-state index in [1.807, 2.05) is 48.5 Å². The van der Waals surface area contributed by atoms with Gasteiger partial charge in [0.15, 0.2) is 0 Å². The molecule has 0 saturated heterocycles. The summed E-state index contributed by atoms with van der Waals surface area (Å²) in [4.78, 5) is 26.9. The van der Waals surface area contributed by atoms with E-state index >= 15 is 0 Å². The monoisotopic (exact) mass is 401 g/mol. The molecule has 0 saturated carbocycles. The van der Waals surface area contributed by atoms with E-state index in [1.165, 1.54) is 0 Å². The molecule has 1 aliphatic rings. The predicted octanol–water partition coefficient (Wildman–Crippen LogP) is 4.22. The number of rotatable bonds is 5. The lowest BCUT2D eigenvalue weighted by molar-refractivity contribution is 0.0989. The minimum Gasteiger partial charge on any atom is -0.497 e. The summed E-state index contributed by atoms with van der Waals surface area (Å²) in [6.07, 6.45) is 0.819. The molecule has 30 heavy (non-hydrogen) atoms. The summed E-state index contributed by atoms with van der Waals surface area (Å²) in [7, 11) is 1.60. The van der Waals surface area contributed by atoms with Gasteiger partial charge in [-0.1, -0.05) is 30.3 Å². The zero-order valence-corrected chi connectivity index (χ0v) is 16.7. The van der Waals surface area contributed by atoms with Crippen LogP contribution in [0.25, 0.3) is 0 Å². The lowest BCUT2D eigenvalue weighted by atomic mass is 10.1. The van der Waals surface area contributed by atoms with Crippen LogP contribution in [0.4, 0.5) is 16.2 Å². The smallest absolute Gasteiger partial charge is 0.319 e. The largest absolute Gasteiger partial charge is 0.497 e. The molecule has 2 N–H and O–H groups in total. The van der Waals surface area contributed by atoms with Gasteiger partial charge in [-0.3, -0.25) is 4.79 Å². The Labute approximate surface area is 175 Å². The molecule has 0 bridgehead atoms. The highest BCUT2D eigenvalue weighted by molar-refractivity contribution is 6.07. The average molecular weight is 401 g/mol. The molecular formula is C24H23N3O3. The van der Waals surface area contributed by atoms with Crippen molar-refractivity contribution in [2.45, 2.75) is 13.0 Å². The number of hydrogen-bond acceptors (Lipinski definition) is 3. The minimum atomic E-state index is -0.270. The first-order chi connectivity index (χ1) is 14.6. The lowest BCUT2D eigenvalue weighted by Crippen LogP contribution is -2.29. The van der Waals surface area contributed by atoms with Crippen molar-refractivity contribution in [3.8, 4) is 5.75 Å². The van der Waals surface area contributed by atoms with Gasteiger partial charge in [0.2, 0.25) is 0 Å². The maximum atomic E-state index is 13.0. The van der Waals surface area contributed by atoms with Crippen LogP contribution < -0.4 is 20.3 Å². The number of amides is 3. The van der Waals surface area contributed by atoms with Gasteiger partial charge in [0, 0.05) is 30.0 Å². The van der Waals surface area contributed by atoms with E-state index in [4.69, 9.17) is 4.74 Å². The molecule has 0 fully saturated rings. The van der Waals surface area contributed by atoms with Gasteiger partial charge < -0.3 is 20.3 Å². The van der Waals surface area contributed by atoms with Crippen molar-refractivity contribution < 1.29 is 14.3 Å². The highest BCUT2D eigenvalue weighted by Gasteiger charge is 2.25. The van der Waals surface area contributed by atoms with Crippen molar-refractivity contribution in [2.75, 3.05) is 23.9 Å². The van der Waals surface area contributed by atoms with Gasteiger partial charge in [-0.05, 0) is 60.0 Å². The van der Waals surface area contributed by atoms with Crippen LogP contribution in [0.3, 0.4) is 0 Å². The fraction of sp³-hybridized carbons (Fsp3) is 0.167. The Morgan fingerprint density at radius 1 is 1.00 bits per heavy atom. The standard InChI is InChI=1S/C24H23N3O3/c1-30-21-11-9-19(10-12-21)23(28)27-14-13-18-8-7-17(15-22(18)27)16-25-24(29)26-20-5-3-2-4-6-20/h2-12,15H,13-14,16H2,1H3,(H2,25,26,29). The van der Waals surface area contributed by atoms with Crippen LogP contribution in [0, 0.1) is 0 Å². The van der Waals surface area contributed by atoms with Gasteiger partial charge in [0.1, 0.15) is 5.75 Å². The second-order valence-electron chi connectivity index (χ2n) is 7.07. The van der Waals surface area contributed by atoms with E-state index in [0.717, 1.165) is 34.7 Å². The summed E-state index contributed by atoms with van der Waals surface area (Å²) in [5, 5.41) is 5.66. The summed E-state index contributed by atoms with van der Waals surface area (Å²) in [6, 6.07) is 22.1. The number of nitrogens with zero attached hydrogens (tertiary/aromatic N) is 1. The fourth-order valence-corrected chi connectivity index (χ4v) is 3.51. The maximum absolute atomic E-state index is 13.0. The number of nitrogens with one attached hydrogen (secondary N) is 2. The first-order valence-electron chi connectivity index (χ1n) is 9.81. The molecule has 3 aromatic carbocycles. The number of carbonyl (C=O) groups excluding carboxylic acids is 2. The Morgan fingerprint density at radius 2 is 1.77 bits per heavy atom. The van der Waals surface area contributed by atoms with Gasteiger partial charge in [0.25, 0.3) is 5.91 Å². The molecule has 1 heterocycles. The number of benzene rings is 3. The molecule has 0 atom stereocenters. The van der Waals surface area contributed by atoms with Gasteiger partial charge in [0.05, 0.1) is 7.11 Å². The predicted molar refractivity (Wildman–Crippen MR) is 117 cm³/mol. The van der Waals surface area contributed by atoms with Crippen LogP contribution in [0.2, 0.25) is 0 Å². The van der Waals surface area contributed by atoms with Crippen molar-refractivity contribution in [2.24, 2.45) is 0 Å². The topological polar surface area (TPSA) is 70.7 Å². The van der Waals surface area contributed by atoms with Crippen molar-refractivity contribution in [1.82, 2.24) is 5.32 Å². The third-order valence-electron chi connectivity index (χ3n) is 5.11. The summed E-state index contributed by atoms with van der Waals surface area (Å²) in [5.74, 6) is 0.679. The number of para-hydroxylation sites is 1. The Hall–Kier alpha value is -3.80. The molecule has 0 aromatic heterocycles. The first kappa shape index (κ1) is 19.5. The quantitative estimate of drug-likeness (QED) is 0.672. The van der Waals surface area contributed by atoms with Crippen LogP contribution in [0.1, 0.15) is 21.5 Å². The Balaban J connectivity index is 1.43. The molecule has 3 aromatic rings. The van der Waals surface area contributed by atoms with Crippen LogP contribution >= 0.6 is 0 Å². The van der Waals surface area contributed by atoms with Gasteiger partial charge in [-0.2, -0.15) is 0 Å². The maximum Gasteiger partial charge on any atom is 0.319 e. The third kappa shape index (κ3) is 4.27. The van der Waals surface area contributed by atoms with Gasteiger partial charge in [-0.25, -0.2) is 4.79 Å². The summed E-state index contributed by atoms with van der Waals surface area (Å²) < 4.78 is 5.17. The van der Waals surface area contributed by atoms with E-state index in [-0.39, 0.29) is 11.9 Å². The molecule has 1 aliphatic heterocycles. The zero-order chi connectivity index (χ0) is 20.9. The number of hydrogen-bond donors (Lipinski definition) is 2. The number of carbonyl (C=O) groups is 2. The van der Waals surface area contributed by atoms with Crippen LogP contribution in [0.5, 0.6) is 5.75 Å². The Kier molecular flexibility index (Phi) is 5.66. The molecular weight excluding hydrogens is 378 g/mol. The number of methoxy groups -OCH3 is 1. The molecule has 6 nitrogen and oxygen atoms in total. The Bertz CT molecular complexity index is 1050. The van der Waals surface area contributed by atoms with Crippen LogP contribution in [-0.2, 0) is 13.0 Å². The minimum absolute atomic E-state index is 0.0386. The van der Waals surface area contributed by atoms with Gasteiger partial charge >= 0.3 is 6.03 Å². The summed E-state index contributed by atoms with van der Waals surface area (Å²) >= 11 is 0. The molecule has 3 amide bonds.